The molecule has 0 heterocycles. The average Bonchev–Trinajstić information content (AvgIpc) is 2.77. The van der Waals surface area contributed by atoms with Gasteiger partial charge in [0.25, 0.3) is 5.91 Å². The molecule has 0 aliphatic carbocycles. The normalized spacial score (nSPS) is 13.0. The van der Waals surface area contributed by atoms with Gasteiger partial charge in [0.15, 0.2) is 11.6 Å². The minimum absolute atomic E-state index is 0.00688. The van der Waals surface area contributed by atoms with E-state index in [1.807, 2.05) is 52.0 Å². The highest BCUT2D eigenvalue weighted by atomic mass is 16.2. The topological polar surface area (TPSA) is 80.3 Å². The van der Waals surface area contributed by atoms with E-state index in [-0.39, 0.29) is 47.4 Å². The van der Waals surface area contributed by atoms with Gasteiger partial charge in [-0.05, 0) is 30.2 Å². The molecule has 2 aromatic rings. The minimum Gasteiger partial charge on any atom is -0.343 e. The maximum atomic E-state index is 12.5. The molecule has 5 nitrogen and oxygen atoms in total. The lowest BCUT2D eigenvalue weighted by Gasteiger charge is -2.15. The molecule has 1 N–H and O–H groups in total. The summed E-state index contributed by atoms with van der Waals surface area (Å²) in [6, 6.07) is 13.8. The maximum absolute atomic E-state index is 12.5. The van der Waals surface area contributed by atoms with Crippen LogP contribution in [0.3, 0.4) is 0 Å². The van der Waals surface area contributed by atoms with Crippen LogP contribution in [0.15, 0.2) is 48.5 Å². The van der Waals surface area contributed by atoms with Crippen molar-refractivity contribution in [1.82, 2.24) is 5.32 Å². The summed E-state index contributed by atoms with van der Waals surface area (Å²) in [6.45, 7) is 10.8. The molecule has 0 spiro atoms. The Hall–Kier alpha value is -3.08. The first kappa shape index (κ1) is 25.2. The number of ketones is 3. The van der Waals surface area contributed by atoms with Gasteiger partial charge in [0, 0.05) is 35.3 Å². The molecular weight excluding hydrogens is 402 g/mol. The van der Waals surface area contributed by atoms with Crippen LogP contribution < -0.4 is 5.32 Å². The summed E-state index contributed by atoms with van der Waals surface area (Å²) in [5.41, 5.74) is 2.89. The molecule has 1 amide bonds. The highest BCUT2D eigenvalue weighted by molar-refractivity contribution is 6.00. The fourth-order valence-corrected chi connectivity index (χ4v) is 3.58. The van der Waals surface area contributed by atoms with Crippen LogP contribution in [-0.4, -0.2) is 29.3 Å². The number of nitrogens with one attached hydrogen (secondary N) is 1. The van der Waals surface area contributed by atoms with Gasteiger partial charge in [-0.25, -0.2) is 0 Å². The summed E-state index contributed by atoms with van der Waals surface area (Å²) in [4.78, 5) is 48.9. The third kappa shape index (κ3) is 6.46. The van der Waals surface area contributed by atoms with Gasteiger partial charge in [0.1, 0.15) is 5.78 Å². The van der Waals surface area contributed by atoms with Crippen LogP contribution in [0.5, 0.6) is 0 Å². The quantitative estimate of drug-likeness (QED) is 0.525. The molecule has 2 aromatic carbocycles. The number of amides is 1. The number of hydrogen-bond acceptors (Lipinski definition) is 4. The maximum Gasteiger partial charge on any atom is 0.251 e. The Morgan fingerprint density at radius 1 is 0.656 bits per heavy atom. The fraction of sp³-hybridized carbons (Fsp3) is 0.407. The molecular formula is C27H33NO4. The van der Waals surface area contributed by atoms with Crippen molar-refractivity contribution in [1.29, 1.82) is 0 Å². The van der Waals surface area contributed by atoms with Gasteiger partial charge >= 0.3 is 0 Å². The monoisotopic (exact) mass is 435 g/mol. The van der Waals surface area contributed by atoms with Crippen molar-refractivity contribution in [2.45, 2.75) is 54.0 Å². The molecule has 2 rings (SSSR count). The third-order valence-corrected chi connectivity index (χ3v) is 5.58. The Kier molecular flexibility index (Phi) is 8.64. The van der Waals surface area contributed by atoms with Crippen LogP contribution in [-0.2, 0) is 9.59 Å². The zero-order valence-corrected chi connectivity index (χ0v) is 19.8. The average molecular weight is 436 g/mol. The number of benzene rings is 2. The highest BCUT2D eigenvalue weighted by Gasteiger charge is 2.21. The van der Waals surface area contributed by atoms with E-state index < -0.39 is 6.04 Å². The van der Waals surface area contributed by atoms with Crippen LogP contribution >= 0.6 is 0 Å². The molecule has 0 unspecified atom stereocenters. The molecule has 32 heavy (non-hydrogen) atoms. The number of carbonyl (C=O) groups is 4. The lowest BCUT2D eigenvalue weighted by molar-refractivity contribution is -0.125. The second kappa shape index (κ2) is 11.0. The first-order valence-corrected chi connectivity index (χ1v) is 11.1. The van der Waals surface area contributed by atoms with E-state index in [0.717, 1.165) is 11.1 Å². The molecule has 0 radical (unpaired) electrons. The number of rotatable bonds is 10. The first-order chi connectivity index (χ1) is 15.0. The van der Waals surface area contributed by atoms with Crippen molar-refractivity contribution < 1.29 is 19.2 Å². The summed E-state index contributed by atoms with van der Waals surface area (Å²) in [5.74, 6) is -0.751. The smallest absolute Gasteiger partial charge is 0.251 e. The second-order valence-electron chi connectivity index (χ2n) is 8.99. The number of Topliss-reactive ketones (excluding diaryl/α,β-unsaturated/α-hetero) is 3. The Balaban J connectivity index is 2.04. The lowest BCUT2D eigenvalue weighted by atomic mass is 9.90. The zero-order valence-electron chi connectivity index (χ0n) is 19.8. The Morgan fingerprint density at radius 3 is 1.53 bits per heavy atom. The van der Waals surface area contributed by atoms with E-state index in [4.69, 9.17) is 0 Å². The summed E-state index contributed by atoms with van der Waals surface area (Å²) in [7, 11) is 0. The van der Waals surface area contributed by atoms with Gasteiger partial charge in [-0.3, -0.25) is 19.2 Å². The molecule has 0 aliphatic rings. The summed E-state index contributed by atoms with van der Waals surface area (Å²) in [5, 5.41) is 2.74. The van der Waals surface area contributed by atoms with Crippen LogP contribution in [0.4, 0.5) is 0 Å². The third-order valence-electron chi connectivity index (χ3n) is 5.58. The number of carbonyl (C=O) groups excluding carboxylic acids is 4. The van der Waals surface area contributed by atoms with Gasteiger partial charge in [-0.15, -0.1) is 0 Å². The van der Waals surface area contributed by atoms with Crippen LogP contribution in [0.1, 0.15) is 68.7 Å². The molecule has 2 atom stereocenters. The summed E-state index contributed by atoms with van der Waals surface area (Å²) < 4.78 is 0. The zero-order chi connectivity index (χ0) is 24.0. The van der Waals surface area contributed by atoms with Gasteiger partial charge in [0.2, 0.25) is 0 Å². The van der Waals surface area contributed by atoms with E-state index in [1.165, 1.54) is 0 Å². The van der Waals surface area contributed by atoms with Crippen LogP contribution in [0, 0.1) is 17.8 Å². The minimum atomic E-state index is -0.536. The van der Waals surface area contributed by atoms with Crippen molar-refractivity contribution in [3.05, 3.63) is 59.7 Å². The molecule has 0 saturated carbocycles. The fourth-order valence-electron chi connectivity index (χ4n) is 3.58. The Morgan fingerprint density at radius 2 is 1.09 bits per heavy atom. The van der Waals surface area contributed by atoms with Crippen LogP contribution in [0.2, 0.25) is 0 Å². The van der Waals surface area contributed by atoms with Crippen molar-refractivity contribution in [2.75, 3.05) is 0 Å². The van der Waals surface area contributed by atoms with Gasteiger partial charge in [-0.1, -0.05) is 71.0 Å². The van der Waals surface area contributed by atoms with E-state index in [0.29, 0.717) is 11.1 Å². The lowest BCUT2D eigenvalue weighted by Crippen LogP contribution is -2.40. The Bertz CT molecular complexity index is 890. The largest absolute Gasteiger partial charge is 0.343 e. The van der Waals surface area contributed by atoms with Crippen molar-refractivity contribution in [3.8, 4) is 11.1 Å². The molecule has 0 aliphatic heterocycles. The standard InChI is InChI=1S/C27H33NO4/c1-16(2)25(30)18(5)15-24(29)22-11-7-20(8-12-22)21-9-13-23(14-10-21)27(32)28-19(6)26(31)17(3)4/h7-14,16-19H,15H2,1-6H3,(H,28,32)/t18-,19+/m0/s1. The molecule has 0 aromatic heterocycles. The second-order valence-corrected chi connectivity index (χ2v) is 8.99. The molecule has 170 valence electrons. The van der Waals surface area contributed by atoms with Crippen molar-refractivity contribution in [2.24, 2.45) is 17.8 Å². The van der Waals surface area contributed by atoms with E-state index in [2.05, 4.69) is 5.32 Å². The van der Waals surface area contributed by atoms with Gasteiger partial charge < -0.3 is 5.32 Å². The molecule has 0 bridgehead atoms. The Labute approximate surface area is 190 Å². The van der Waals surface area contributed by atoms with Crippen LogP contribution in [0.25, 0.3) is 11.1 Å². The molecule has 5 heteroatoms. The molecule has 0 saturated heterocycles. The van der Waals surface area contributed by atoms with Gasteiger partial charge in [0.05, 0.1) is 6.04 Å². The predicted molar refractivity (Wildman–Crippen MR) is 127 cm³/mol. The van der Waals surface area contributed by atoms with Gasteiger partial charge in [-0.2, -0.15) is 0 Å². The van der Waals surface area contributed by atoms with Crippen molar-refractivity contribution >= 4 is 23.3 Å². The number of hydrogen-bond donors (Lipinski definition) is 1. The highest BCUT2D eigenvalue weighted by Crippen LogP contribution is 2.22. The van der Waals surface area contributed by atoms with E-state index >= 15 is 0 Å². The summed E-state index contributed by atoms with van der Waals surface area (Å²) in [6.07, 6.45) is 0.206. The van der Waals surface area contributed by atoms with E-state index in [9.17, 15) is 19.2 Å². The first-order valence-electron chi connectivity index (χ1n) is 11.1. The predicted octanol–water partition coefficient (Wildman–Crippen LogP) is 5.13. The molecule has 0 fully saturated rings. The van der Waals surface area contributed by atoms with E-state index in [1.54, 1.807) is 38.1 Å². The van der Waals surface area contributed by atoms with Crippen molar-refractivity contribution in [3.63, 3.8) is 0 Å². The summed E-state index contributed by atoms with van der Waals surface area (Å²) >= 11 is 0. The SMILES string of the molecule is CC(C)C(=O)[C@@H](C)CC(=O)c1ccc(-c2ccc(C(=O)N[C@H](C)C(=O)C(C)C)cc2)cc1.